The number of aldehydes is 1. The van der Waals surface area contributed by atoms with E-state index in [1.807, 2.05) is 6.08 Å². The average molecular weight is 255 g/mol. The minimum absolute atomic E-state index is 0.396. The predicted octanol–water partition coefficient (Wildman–Crippen LogP) is 3.51. The fraction of sp³-hybridized carbons (Fsp3) is 0.308. The minimum atomic E-state index is 0.396. The molecule has 1 aromatic rings. The third-order valence-corrected chi connectivity index (χ3v) is 2.41. The SMILES string of the molecule is C=CCCCOc1c(C=O)cc(Cl)cc1OC. The van der Waals surface area contributed by atoms with E-state index in [-0.39, 0.29) is 0 Å². The van der Waals surface area contributed by atoms with E-state index < -0.39 is 0 Å². The zero-order valence-corrected chi connectivity index (χ0v) is 10.5. The summed E-state index contributed by atoms with van der Waals surface area (Å²) in [5.41, 5.74) is 0.396. The van der Waals surface area contributed by atoms with E-state index >= 15 is 0 Å². The van der Waals surface area contributed by atoms with E-state index in [9.17, 15) is 4.79 Å². The second-order valence-electron chi connectivity index (χ2n) is 3.42. The van der Waals surface area contributed by atoms with Gasteiger partial charge < -0.3 is 9.47 Å². The Morgan fingerprint density at radius 3 is 2.82 bits per heavy atom. The fourth-order valence-corrected chi connectivity index (χ4v) is 1.60. The molecule has 0 saturated heterocycles. The van der Waals surface area contributed by atoms with Crippen LogP contribution in [0.25, 0.3) is 0 Å². The lowest BCUT2D eigenvalue weighted by atomic mass is 10.2. The Balaban J connectivity index is 2.86. The Bertz CT molecular complexity index is 402. The smallest absolute Gasteiger partial charge is 0.171 e. The molecule has 1 rings (SSSR count). The number of rotatable bonds is 7. The molecule has 0 aromatic heterocycles. The van der Waals surface area contributed by atoms with E-state index in [1.54, 1.807) is 12.1 Å². The van der Waals surface area contributed by atoms with Gasteiger partial charge in [0.25, 0.3) is 0 Å². The van der Waals surface area contributed by atoms with Crippen molar-refractivity contribution >= 4 is 17.9 Å². The number of halogens is 1. The van der Waals surface area contributed by atoms with Gasteiger partial charge in [0.15, 0.2) is 17.8 Å². The summed E-state index contributed by atoms with van der Waals surface area (Å²) in [5, 5.41) is 0.447. The molecule has 0 saturated carbocycles. The maximum atomic E-state index is 10.9. The van der Waals surface area contributed by atoms with Crippen molar-refractivity contribution in [3.8, 4) is 11.5 Å². The third-order valence-electron chi connectivity index (χ3n) is 2.19. The van der Waals surface area contributed by atoms with Gasteiger partial charge in [-0.05, 0) is 18.9 Å². The molecule has 0 fully saturated rings. The number of carbonyl (C=O) groups excluding carboxylic acids is 1. The Morgan fingerprint density at radius 2 is 2.24 bits per heavy atom. The molecule has 0 aliphatic rings. The molecule has 0 bridgehead atoms. The maximum Gasteiger partial charge on any atom is 0.171 e. The van der Waals surface area contributed by atoms with Crippen LogP contribution in [0, 0.1) is 0 Å². The summed E-state index contributed by atoms with van der Waals surface area (Å²) in [6, 6.07) is 3.18. The number of hydrogen-bond acceptors (Lipinski definition) is 3. The second-order valence-corrected chi connectivity index (χ2v) is 3.86. The van der Waals surface area contributed by atoms with Crippen LogP contribution in [-0.2, 0) is 0 Å². The summed E-state index contributed by atoms with van der Waals surface area (Å²) < 4.78 is 10.7. The molecule has 17 heavy (non-hydrogen) atoms. The maximum absolute atomic E-state index is 10.9. The van der Waals surface area contributed by atoms with Crippen molar-refractivity contribution in [2.75, 3.05) is 13.7 Å². The van der Waals surface area contributed by atoms with Crippen LogP contribution in [0.3, 0.4) is 0 Å². The summed E-state index contributed by atoms with van der Waals surface area (Å²) in [4.78, 5) is 10.9. The largest absolute Gasteiger partial charge is 0.493 e. The van der Waals surface area contributed by atoms with E-state index in [0.29, 0.717) is 35.0 Å². The van der Waals surface area contributed by atoms with Gasteiger partial charge in [0.2, 0.25) is 0 Å². The molecule has 0 aliphatic carbocycles. The molecule has 0 N–H and O–H groups in total. The molecule has 3 nitrogen and oxygen atoms in total. The van der Waals surface area contributed by atoms with Crippen LogP contribution >= 0.6 is 11.6 Å². The highest BCUT2D eigenvalue weighted by Crippen LogP contribution is 2.33. The minimum Gasteiger partial charge on any atom is -0.493 e. The molecule has 0 aliphatic heterocycles. The normalized spacial score (nSPS) is 9.76. The molecule has 0 unspecified atom stereocenters. The van der Waals surface area contributed by atoms with E-state index in [1.165, 1.54) is 7.11 Å². The topological polar surface area (TPSA) is 35.5 Å². The average Bonchev–Trinajstić information content (AvgIpc) is 2.35. The number of hydrogen-bond donors (Lipinski definition) is 0. The molecular weight excluding hydrogens is 240 g/mol. The van der Waals surface area contributed by atoms with Gasteiger partial charge in [0.1, 0.15) is 0 Å². The highest BCUT2D eigenvalue weighted by Gasteiger charge is 2.12. The first-order valence-electron chi connectivity index (χ1n) is 5.29. The van der Waals surface area contributed by atoms with Crippen molar-refractivity contribution in [1.29, 1.82) is 0 Å². The summed E-state index contributed by atoms with van der Waals surface area (Å²) in [5.74, 6) is 0.911. The van der Waals surface area contributed by atoms with Crippen LogP contribution in [0.1, 0.15) is 23.2 Å². The van der Waals surface area contributed by atoms with Crippen molar-refractivity contribution in [3.05, 3.63) is 35.4 Å². The fourth-order valence-electron chi connectivity index (χ4n) is 1.38. The standard InChI is InChI=1S/C13H15ClO3/c1-3-4-5-6-17-13-10(9-15)7-11(14)8-12(13)16-2/h3,7-9H,1,4-6H2,2H3. The zero-order chi connectivity index (χ0) is 12.7. The van der Waals surface area contributed by atoms with Crippen molar-refractivity contribution < 1.29 is 14.3 Å². The molecule has 1 aromatic carbocycles. The zero-order valence-electron chi connectivity index (χ0n) is 9.74. The monoisotopic (exact) mass is 254 g/mol. The molecule has 92 valence electrons. The summed E-state index contributed by atoms with van der Waals surface area (Å²) in [6.07, 6.45) is 4.24. The van der Waals surface area contributed by atoms with Gasteiger partial charge >= 0.3 is 0 Å². The number of allylic oxidation sites excluding steroid dienone is 1. The predicted molar refractivity (Wildman–Crippen MR) is 68.3 cm³/mol. The van der Waals surface area contributed by atoms with Crippen molar-refractivity contribution in [2.45, 2.75) is 12.8 Å². The number of ether oxygens (including phenoxy) is 2. The first-order valence-corrected chi connectivity index (χ1v) is 5.67. The van der Waals surface area contributed by atoms with Crippen LogP contribution in [-0.4, -0.2) is 20.0 Å². The van der Waals surface area contributed by atoms with Crippen LogP contribution in [0.5, 0.6) is 11.5 Å². The molecule has 4 heteroatoms. The Kier molecular flexibility index (Phi) is 5.57. The van der Waals surface area contributed by atoms with E-state index in [4.69, 9.17) is 21.1 Å². The second kappa shape index (κ2) is 6.97. The highest BCUT2D eigenvalue weighted by molar-refractivity contribution is 6.31. The van der Waals surface area contributed by atoms with Gasteiger partial charge in [0.05, 0.1) is 19.3 Å². The number of carbonyl (C=O) groups is 1. The Labute approximate surface area is 106 Å². The van der Waals surface area contributed by atoms with Crippen LogP contribution in [0.2, 0.25) is 5.02 Å². The molecule has 0 amide bonds. The van der Waals surface area contributed by atoms with Gasteiger partial charge in [0, 0.05) is 11.1 Å². The Morgan fingerprint density at radius 1 is 1.47 bits per heavy atom. The Hall–Kier alpha value is -1.48. The van der Waals surface area contributed by atoms with Gasteiger partial charge in [-0.1, -0.05) is 17.7 Å². The molecular formula is C13H15ClO3. The quantitative estimate of drug-likeness (QED) is 0.424. The lowest BCUT2D eigenvalue weighted by Gasteiger charge is -2.12. The van der Waals surface area contributed by atoms with E-state index in [2.05, 4.69) is 6.58 Å². The lowest BCUT2D eigenvalue weighted by molar-refractivity contribution is 0.111. The van der Waals surface area contributed by atoms with Crippen molar-refractivity contribution in [1.82, 2.24) is 0 Å². The summed E-state index contributed by atoms with van der Waals surface area (Å²) in [7, 11) is 1.51. The van der Waals surface area contributed by atoms with Gasteiger partial charge in [-0.3, -0.25) is 4.79 Å². The van der Waals surface area contributed by atoms with Crippen LogP contribution in [0.15, 0.2) is 24.8 Å². The number of benzene rings is 1. The van der Waals surface area contributed by atoms with Gasteiger partial charge in [-0.2, -0.15) is 0 Å². The van der Waals surface area contributed by atoms with Crippen molar-refractivity contribution in [2.24, 2.45) is 0 Å². The number of unbranched alkanes of at least 4 members (excludes halogenated alkanes) is 1. The van der Waals surface area contributed by atoms with Crippen LogP contribution in [0.4, 0.5) is 0 Å². The molecule has 0 atom stereocenters. The molecule has 0 heterocycles. The summed E-state index contributed by atoms with van der Waals surface area (Å²) >= 11 is 5.86. The summed E-state index contributed by atoms with van der Waals surface area (Å²) in [6.45, 7) is 4.14. The number of methoxy groups -OCH3 is 1. The van der Waals surface area contributed by atoms with Gasteiger partial charge in [-0.25, -0.2) is 0 Å². The van der Waals surface area contributed by atoms with Crippen molar-refractivity contribution in [3.63, 3.8) is 0 Å². The first-order chi connectivity index (χ1) is 8.22. The lowest BCUT2D eigenvalue weighted by Crippen LogP contribution is -2.02. The van der Waals surface area contributed by atoms with E-state index in [0.717, 1.165) is 12.8 Å². The first kappa shape index (κ1) is 13.6. The van der Waals surface area contributed by atoms with Crippen LogP contribution < -0.4 is 9.47 Å². The highest BCUT2D eigenvalue weighted by atomic mass is 35.5. The third kappa shape index (κ3) is 3.79. The molecule has 0 radical (unpaired) electrons. The van der Waals surface area contributed by atoms with Gasteiger partial charge in [-0.15, -0.1) is 6.58 Å². The molecule has 0 spiro atoms.